The Balaban J connectivity index is 3.63. The number of nitrogens with one attached hydrogen (secondary N) is 1. The van der Waals surface area contributed by atoms with Gasteiger partial charge < -0.3 is 9.80 Å². The molecule has 0 aliphatic heterocycles. The molecule has 70 valence electrons. The summed E-state index contributed by atoms with van der Waals surface area (Å²) >= 11 is 0. The van der Waals surface area contributed by atoms with Crippen LogP contribution in [0.3, 0.4) is 0 Å². The summed E-state index contributed by atoms with van der Waals surface area (Å²) in [6.07, 6.45) is 0.703. The lowest BCUT2D eigenvalue weighted by Crippen LogP contribution is -2.43. The standard InChI is InChI=1S/C6H14N4O2/c1-9(5-11)3-4-10(2)6(12)8-7/h5H,3-4,7H2,1-2H3,(H,8,12). The first-order valence-electron chi connectivity index (χ1n) is 3.49. The molecule has 0 unspecified atom stereocenters. The average Bonchev–Trinajstić information content (AvgIpc) is 2.11. The molecule has 6 heteroatoms. The molecule has 0 fully saturated rings. The van der Waals surface area contributed by atoms with Gasteiger partial charge in [-0.05, 0) is 0 Å². The predicted octanol–water partition coefficient (Wildman–Crippen LogP) is -1.41. The van der Waals surface area contributed by atoms with Crippen molar-refractivity contribution in [1.29, 1.82) is 0 Å². The number of carbonyl (C=O) groups is 2. The fourth-order valence-corrected chi connectivity index (χ4v) is 0.572. The molecular formula is C6H14N4O2. The number of nitrogens with two attached hydrogens (primary N) is 1. The van der Waals surface area contributed by atoms with Crippen molar-refractivity contribution in [2.24, 2.45) is 5.84 Å². The van der Waals surface area contributed by atoms with Crippen LogP contribution < -0.4 is 11.3 Å². The van der Waals surface area contributed by atoms with Gasteiger partial charge in [0.1, 0.15) is 0 Å². The van der Waals surface area contributed by atoms with Crippen molar-refractivity contribution in [2.45, 2.75) is 0 Å². The lowest BCUT2D eigenvalue weighted by atomic mass is 10.5. The molecule has 0 aromatic rings. The van der Waals surface area contributed by atoms with Gasteiger partial charge >= 0.3 is 6.03 Å². The molecule has 0 spiro atoms. The summed E-state index contributed by atoms with van der Waals surface area (Å²) < 4.78 is 0. The number of hydrogen-bond donors (Lipinski definition) is 2. The summed E-state index contributed by atoms with van der Waals surface area (Å²) in [6, 6.07) is -0.366. The van der Waals surface area contributed by atoms with Gasteiger partial charge in [0.05, 0.1) is 0 Å². The highest BCUT2D eigenvalue weighted by Crippen LogP contribution is 1.83. The quantitative estimate of drug-likeness (QED) is 0.238. The summed E-state index contributed by atoms with van der Waals surface area (Å²) in [7, 11) is 3.24. The molecule has 0 saturated carbocycles. The summed E-state index contributed by atoms with van der Waals surface area (Å²) in [5.41, 5.74) is 1.99. The average molecular weight is 174 g/mol. The number of urea groups is 1. The highest BCUT2D eigenvalue weighted by molar-refractivity contribution is 5.73. The molecule has 0 heterocycles. The van der Waals surface area contributed by atoms with Crippen molar-refractivity contribution in [3.05, 3.63) is 0 Å². The van der Waals surface area contributed by atoms with Crippen LogP contribution in [0.25, 0.3) is 0 Å². The van der Waals surface area contributed by atoms with E-state index >= 15 is 0 Å². The molecule has 0 saturated heterocycles. The number of hydrazine groups is 1. The molecular weight excluding hydrogens is 160 g/mol. The van der Waals surface area contributed by atoms with Gasteiger partial charge in [-0.25, -0.2) is 10.6 Å². The maximum atomic E-state index is 10.8. The number of carbonyl (C=O) groups excluding carboxylic acids is 2. The van der Waals surface area contributed by atoms with Crippen LogP contribution >= 0.6 is 0 Å². The van der Waals surface area contributed by atoms with E-state index in [0.717, 1.165) is 0 Å². The SMILES string of the molecule is CN(C=O)CCN(C)C(=O)NN. The molecule has 0 aliphatic carbocycles. The van der Waals surface area contributed by atoms with Crippen LogP contribution in [0.1, 0.15) is 0 Å². The zero-order valence-electron chi connectivity index (χ0n) is 7.28. The molecule has 0 aromatic carbocycles. The molecule has 0 radical (unpaired) electrons. The van der Waals surface area contributed by atoms with Gasteiger partial charge in [0.25, 0.3) is 0 Å². The topological polar surface area (TPSA) is 78.7 Å². The number of likely N-dealkylation sites (N-methyl/N-ethyl adjacent to an activating group) is 2. The van der Waals surface area contributed by atoms with Crippen LogP contribution in [0.2, 0.25) is 0 Å². The number of rotatable bonds is 4. The van der Waals surface area contributed by atoms with Crippen LogP contribution in [0, 0.1) is 0 Å². The van der Waals surface area contributed by atoms with Gasteiger partial charge in [0.15, 0.2) is 0 Å². The predicted molar refractivity (Wildman–Crippen MR) is 44.0 cm³/mol. The second kappa shape index (κ2) is 5.36. The van der Waals surface area contributed by atoms with E-state index in [1.165, 1.54) is 9.80 Å². The Bertz CT molecular complexity index is 162. The molecule has 3 N–H and O–H groups in total. The summed E-state index contributed by atoms with van der Waals surface area (Å²) in [4.78, 5) is 23.8. The van der Waals surface area contributed by atoms with E-state index < -0.39 is 0 Å². The van der Waals surface area contributed by atoms with E-state index in [-0.39, 0.29) is 6.03 Å². The highest BCUT2D eigenvalue weighted by Gasteiger charge is 2.05. The number of nitrogens with zero attached hydrogens (tertiary/aromatic N) is 2. The molecule has 3 amide bonds. The van der Waals surface area contributed by atoms with Crippen LogP contribution in [-0.4, -0.2) is 49.4 Å². The lowest BCUT2D eigenvalue weighted by Gasteiger charge is -2.18. The van der Waals surface area contributed by atoms with Gasteiger partial charge in [0, 0.05) is 27.2 Å². The van der Waals surface area contributed by atoms with Crippen LogP contribution in [0.4, 0.5) is 4.79 Å². The van der Waals surface area contributed by atoms with Gasteiger partial charge in [-0.3, -0.25) is 10.2 Å². The third-order valence-corrected chi connectivity index (χ3v) is 1.44. The number of hydrogen-bond acceptors (Lipinski definition) is 3. The zero-order chi connectivity index (χ0) is 9.56. The van der Waals surface area contributed by atoms with Crippen molar-refractivity contribution in [2.75, 3.05) is 27.2 Å². The van der Waals surface area contributed by atoms with Gasteiger partial charge in [-0.1, -0.05) is 0 Å². The Hall–Kier alpha value is -1.30. The minimum atomic E-state index is -0.366. The van der Waals surface area contributed by atoms with Crippen LogP contribution in [0.15, 0.2) is 0 Å². The Morgan fingerprint density at radius 2 is 2.08 bits per heavy atom. The third-order valence-electron chi connectivity index (χ3n) is 1.44. The van der Waals surface area contributed by atoms with E-state index in [2.05, 4.69) is 0 Å². The maximum absolute atomic E-state index is 10.8. The smallest absolute Gasteiger partial charge is 0.331 e. The van der Waals surface area contributed by atoms with Crippen molar-refractivity contribution in [1.82, 2.24) is 15.2 Å². The van der Waals surface area contributed by atoms with Crippen molar-refractivity contribution in [3.63, 3.8) is 0 Å². The normalized spacial score (nSPS) is 8.92. The van der Waals surface area contributed by atoms with Crippen molar-refractivity contribution >= 4 is 12.4 Å². The lowest BCUT2D eigenvalue weighted by molar-refractivity contribution is -0.117. The van der Waals surface area contributed by atoms with Gasteiger partial charge in [0.2, 0.25) is 6.41 Å². The van der Waals surface area contributed by atoms with E-state index in [0.29, 0.717) is 19.5 Å². The van der Waals surface area contributed by atoms with E-state index in [9.17, 15) is 9.59 Å². The van der Waals surface area contributed by atoms with E-state index in [1.54, 1.807) is 14.1 Å². The Labute approximate surface area is 71.3 Å². The minimum absolute atomic E-state index is 0.366. The zero-order valence-corrected chi connectivity index (χ0v) is 7.28. The molecule has 0 atom stereocenters. The fourth-order valence-electron chi connectivity index (χ4n) is 0.572. The second-order valence-corrected chi connectivity index (χ2v) is 2.46. The maximum Gasteiger partial charge on any atom is 0.331 e. The van der Waals surface area contributed by atoms with Crippen LogP contribution in [0.5, 0.6) is 0 Å². The summed E-state index contributed by atoms with van der Waals surface area (Å²) in [5, 5.41) is 0. The summed E-state index contributed by atoms with van der Waals surface area (Å²) in [6.45, 7) is 0.950. The Morgan fingerprint density at radius 3 is 2.50 bits per heavy atom. The minimum Gasteiger partial charge on any atom is -0.347 e. The fraction of sp³-hybridized carbons (Fsp3) is 0.667. The monoisotopic (exact) mass is 174 g/mol. The molecule has 0 bridgehead atoms. The first-order valence-corrected chi connectivity index (χ1v) is 3.49. The largest absolute Gasteiger partial charge is 0.347 e. The first kappa shape index (κ1) is 10.7. The van der Waals surface area contributed by atoms with Crippen LogP contribution in [-0.2, 0) is 4.79 Å². The second-order valence-electron chi connectivity index (χ2n) is 2.46. The molecule has 0 aromatic heterocycles. The molecule has 0 rings (SSSR count). The number of amides is 3. The molecule has 6 nitrogen and oxygen atoms in total. The van der Waals surface area contributed by atoms with E-state index in [4.69, 9.17) is 5.84 Å². The van der Waals surface area contributed by atoms with Crippen molar-refractivity contribution < 1.29 is 9.59 Å². The third kappa shape index (κ3) is 3.77. The highest BCUT2D eigenvalue weighted by atomic mass is 16.2. The summed E-state index contributed by atoms with van der Waals surface area (Å²) in [5.74, 6) is 4.89. The Kier molecular flexibility index (Phi) is 4.78. The van der Waals surface area contributed by atoms with Gasteiger partial charge in [-0.15, -0.1) is 0 Å². The molecule has 0 aliphatic rings. The molecule has 12 heavy (non-hydrogen) atoms. The Morgan fingerprint density at radius 1 is 1.50 bits per heavy atom. The first-order chi connectivity index (χ1) is 5.61. The van der Waals surface area contributed by atoms with E-state index in [1.807, 2.05) is 5.43 Å². The van der Waals surface area contributed by atoms with Gasteiger partial charge in [-0.2, -0.15) is 0 Å². The van der Waals surface area contributed by atoms with Crippen molar-refractivity contribution in [3.8, 4) is 0 Å².